The highest BCUT2D eigenvalue weighted by molar-refractivity contribution is 7.86. The molecule has 1 aliphatic heterocycles. The summed E-state index contributed by atoms with van der Waals surface area (Å²) in [6.07, 6.45) is 1.25. The Morgan fingerprint density at radius 1 is 1.75 bits per heavy atom. The molecule has 1 unspecified atom stereocenters. The lowest BCUT2D eigenvalue weighted by Crippen LogP contribution is -2.26. The summed E-state index contributed by atoms with van der Waals surface area (Å²) in [4.78, 5) is 0. The third kappa shape index (κ3) is 2.73. The maximum absolute atomic E-state index is 10.8. The number of hydrogen-bond donors (Lipinski definition) is 0. The Kier molecular flexibility index (Phi) is 2.63. The van der Waals surface area contributed by atoms with E-state index < -0.39 is 22.8 Å². The van der Waals surface area contributed by atoms with E-state index in [1.54, 1.807) is 0 Å². The molecule has 12 heavy (non-hydrogen) atoms. The van der Waals surface area contributed by atoms with Crippen LogP contribution in [0.15, 0.2) is 0 Å². The van der Waals surface area contributed by atoms with Crippen molar-refractivity contribution in [2.24, 2.45) is 0 Å². The van der Waals surface area contributed by atoms with E-state index in [1.165, 1.54) is 0 Å². The fourth-order valence-corrected chi connectivity index (χ4v) is 1.85. The van der Waals surface area contributed by atoms with Crippen molar-refractivity contribution in [3.05, 3.63) is 0 Å². The first kappa shape index (κ1) is 8.47. The van der Waals surface area contributed by atoms with Crippen LogP contribution in [0.5, 0.6) is 0 Å². The Labute approximate surface area is 74.4 Å². The summed E-state index contributed by atoms with van der Waals surface area (Å²) in [6.45, 7) is 1.22. The molecule has 0 bridgehead atoms. The van der Waals surface area contributed by atoms with Crippen LogP contribution in [0.25, 0.3) is 0 Å². The summed E-state index contributed by atoms with van der Waals surface area (Å²) in [5.41, 5.74) is 0. The van der Waals surface area contributed by atoms with E-state index in [1.807, 2.05) is 6.92 Å². The zero-order valence-corrected chi connectivity index (χ0v) is 8.00. The molecule has 0 amide bonds. The van der Waals surface area contributed by atoms with Crippen LogP contribution in [0.4, 0.5) is 0 Å². The van der Waals surface area contributed by atoms with E-state index in [9.17, 15) is 8.42 Å². The molecule has 0 spiro atoms. The maximum Gasteiger partial charge on any atom is 0.264 e. The van der Waals surface area contributed by atoms with Gasteiger partial charge in [0.2, 0.25) is 0 Å². The van der Waals surface area contributed by atoms with E-state index in [0.717, 1.165) is 6.26 Å². The molecule has 1 fully saturated rings. The lowest BCUT2D eigenvalue weighted by Gasteiger charge is -2.15. The minimum atomic E-state index is -3.44. The van der Waals surface area contributed by atoms with Crippen molar-refractivity contribution in [3.8, 4) is 0 Å². The van der Waals surface area contributed by atoms with E-state index in [2.05, 4.69) is 0 Å². The summed E-state index contributed by atoms with van der Waals surface area (Å²) in [6, 6.07) is 0. The Hall–Kier alpha value is -0.130. The Balaban J connectivity index is 2.59. The van der Waals surface area contributed by atoms with Crippen LogP contribution in [0.1, 0.15) is 21.1 Å². The molecular weight excluding hydrogens is 180 g/mol. The molecule has 0 N–H and O–H groups in total. The number of rotatable bonds is 3. The van der Waals surface area contributed by atoms with E-state index in [0.29, 0.717) is 12.8 Å². The van der Waals surface area contributed by atoms with Gasteiger partial charge >= 0.3 is 0 Å². The number of hydrogen-bond acceptors (Lipinski definition) is 4. The summed E-state index contributed by atoms with van der Waals surface area (Å²) in [5, 5.41) is 0. The highest BCUT2D eigenvalue weighted by Crippen LogP contribution is 2.20. The van der Waals surface area contributed by atoms with Gasteiger partial charge < -0.3 is 4.74 Å². The van der Waals surface area contributed by atoms with Gasteiger partial charge in [0.15, 0.2) is 0 Å². The zero-order valence-electron chi connectivity index (χ0n) is 8.19. The topological polar surface area (TPSA) is 52.6 Å². The average Bonchev–Trinajstić information content (AvgIpc) is 2.27. The first-order valence-corrected chi connectivity index (χ1v) is 5.70. The second-order valence-corrected chi connectivity index (χ2v) is 4.42. The molecule has 1 heterocycles. The van der Waals surface area contributed by atoms with Crippen molar-refractivity contribution in [1.29, 1.82) is 0 Å². The molecule has 1 rings (SSSR count). The molecule has 0 radical (unpaired) electrons. The molecule has 3 atom stereocenters. The van der Waals surface area contributed by atoms with Gasteiger partial charge in [-0.05, 0) is 6.42 Å². The van der Waals surface area contributed by atoms with Gasteiger partial charge in [0, 0.05) is 13.0 Å². The highest BCUT2D eigenvalue weighted by Gasteiger charge is 2.30. The summed E-state index contributed by atoms with van der Waals surface area (Å²) in [7, 11) is -3.44. The molecule has 0 aromatic carbocycles. The Bertz CT molecular complexity index is 264. The van der Waals surface area contributed by atoms with Crippen molar-refractivity contribution < 1.29 is 18.7 Å². The number of ether oxygens (including phenoxy) is 1. The molecule has 0 aliphatic carbocycles. The Morgan fingerprint density at radius 3 is 2.92 bits per heavy atom. The smallest absolute Gasteiger partial charge is 0.264 e. The second kappa shape index (κ2) is 3.72. The molecule has 72 valence electrons. The lowest BCUT2D eigenvalue weighted by atomic mass is 10.1. The molecule has 0 aromatic rings. The normalized spacial score (nSPS) is 38.2. The largest absolute Gasteiger partial charge is 0.375 e. The van der Waals surface area contributed by atoms with Crippen LogP contribution >= 0.6 is 0 Å². The third-order valence-electron chi connectivity index (χ3n) is 1.71. The maximum atomic E-state index is 10.8. The first-order valence-electron chi connectivity index (χ1n) is 4.46. The summed E-state index contributed by atoms with van der Waals surface area (Å²) >= 11 is 0. The highest BCUT2D eigenvalue weighted by atomic mass is 32.2. The monoisotopic (exact) mass is 196 g/mol. The minimum absolute atomic E-state index is 0.266. The van der Waals surface area contributed by atoms with Crippen molar-refractivity contribution in [2.75, 3.05) is 12.8 Å². The van der Waals surface area contributed by atoms with Crippen LogP contribution in [0, 0.1) is 0 Å². The molecule has 0 aromatic heterocycles. The Morgan fingerprint density at radius 2 is 2.42 bits per heavy atom. The van der Waals surface area contributed by atoms with Gasteiger partial charge in [-0.2, -0.15) is 8.42 Å². The van der Waals surface area contributed by atoms with Crippen molar-refractivity contribution in [3.63, 3.8) is 0 Å². The molecule has 5 heteroatoms. The van der Waals surface area contributed by atoms with Crippen molar-refractivity contribution in [1.82, 2.24) is 0 Å². The second-order valence-electron chi connectivity index (χ2n) is 2.82. The SMILES string of the molecule is [3H][C@H]1CC(OS(C)(=O)=O)[C@@H](CC)O1. The fraction of sp³-hybridized carbons (Fsp3) is 1.00. The molecule has 0 saturated carbocycles. The lowest BCUT2D eigenvalue weighted by molar-refractivity contribution is 0.0544. The van der Waals surface area contributed by atoms with Gasteiger partial charge in [-0.3, -0.25) is 4.18 Å². The van der Waals surface area contributed by atoms with Crippen LogP contribution in [0.2, 0.25) is 0 Å². The van der Waals surface area contributed by atoms with E-state index in [-0.39, 0.29) is 6.10 Å². The third-order valence-corrected chi connectivity index (χ3v) is 2.31. The summed E-state index contributed by atoms with van der Waals surface area (Å²) in [5.74, 6) is 0. The fourth-order valence-electron chi connectivity index (χ4n) is 1.20. The van der Waals surface area contributed by atoms with E-state index in [4.69, 9.17) is 10.3 Å². The molecular formula is C7H14O4S. The van der Waals surface area contributed by atoms with Gasteiger partial charge in [0.05, 0.1) is 13.7 Å². The van der Waals surface area contributed by atoms with Gasteiger partial charge in [-0.15, -0.1) is 0 Å². The van der Waals surface area contributed by atoms with Gasteiger partial charge in [-0.1, -0.05) is 6.92 Å². The summed E-state index contributed by atoms with van der Waals surface area (Å²) < 4.78 is 38.9. The standard InChI is InChI=1S/C7H14O4S/c1-3-6-7(4-5-10-6)11-12(2,8)9/h6-7H,3-5H2,1-2H3/t6-,7?/m1/s1/i5T/t5-,6+,7?/m0. The quantitative estimate of drug-likeness (QED) is 0.618. The molecule has 1 saturated heterocycles. The molecule has 1 aliphatic rings. The predicted octanol–water partition coefficient (Wildman–Crippen LogP) is 0.530. The van der Waals surface area contributed by atoms with Crippen molar-refractivity contribution in [2.45, 2.75) is 32.0 Å². The van der Waals surface area contributed by atoms with E-state index >= 15 is 0 Å². The van der Waals surface area contributed by atoms with Crippen LogP contribution < -0.4 is 0 Å². The first-order chi connectivity index (χ1) is 5.92. The minimum Gasteiger partial charge on any atom is -0.375 e. The predicted molar refractivity (Wildman–Crippen MR) is 44.4 cm³/mol. The van der Waals surface area contributed by atoms with Crippen molar-refractivity contribution >= 4 is 10.1 Å². The van der Waals surface area contributed by atoms with Gasteiger partial charge in [0.25, 0.3) is 10.1 Å². The average molecular weight is 196 g/mol. The van der Waals surface area contributed by atoms with Gasteiger partial charge in [0.1, 0.15) is 6.10 Å². The van der Waals surface area contributed by atoms with Crippen LogP contribution in [-0.2, 0) is 19.0 Å². The van der Waals surface area contributed by atoms with Gasteiger partial charge in [-0.25, -0.2) is 0 Å². The van der Waals surface area contributed by atoms with Crippen LogP contribution in [-0.4, -0.2) is 33.5 Å². The molecule has 4 nitrogen and oxygen atoms in total. The van der Waals surface area contributed by atoms with Crippen LogP contribution in [0.3, 0.4) is 0 Å². The zero-order chi connectivity index (χ0) is 10.1.